The number of rotatable bonds is 6. The molecule has 0 bridgehead atoms. The molecule has 2 aromatic carbocycles. The van der Waals surface area contributed by atoms with E-state index in [-0.39, 0.29) is 17.4 Å². The van der Waals surface area contributed by atoms with Crippen LogP contribution in [0.5, 0.6) is 0 Å². The SMILES string of the molecule is CC(=O)Nc1cccc(-n2c(C)nnc2SCC(=O)c2cc(C)c(C)c(C)c2C)c1. The molecule has 0 saturated carbocycles. The van der Waals surface area contributed by atoms with E-state index in [2.05, 4.69) is 29.4 Å². The van der Waals surface area contributed by atoms with E-state index in [0.717, 1.165) is 27.9 Å². The Balaban J connectivity index is 1.85. The second-order valence-corrected chi connectivity index (χ2v) is 8.37. The maximum absolute atomic E-state index is 13.0. The fourth-order valence-electron chi connectivity index (χ4n) is 3.37. The number of anilines is 1. The van der Waals surface area contributed by atoms with E-state index in [1.54, 1.807) is 0 Å². The minimum Gasteiger partial charge on any atom is -0.326 e. The van der Waals surface area contributed by atoms with Gasteiger partial charge in [-0.3, -0.25) is 14.2 Å². The van der Waals surface area contributed by atoms with Gasteiger partial charge in [0.1, 0.15) is 5.82 Å². The van der Waals surface area contributed by atoms with Crippen LogP contribution in [0.4, 0.5) is 5.69 Å². The third-order valence-corrected chi connectivity index (χ3v) is 6.26. The molecule has 1 aromatic heterocycles. The molecular weight excluding hydrogens is 396 g/mol. The summed E-state index contributed by atoms with van der Waals surface area (Å²) in [6.07, 6.45) is 0. The lowest BCUT2D eigenvalue weighted by atomic mass is 9.93. The highest BCUT2D eigenvalue weighted by Gasteiger charge is 2.17. The van der Waals surface area contributed by atoms with Crippen LogP contribution in [0, 0.1) is 34.6 Å². The lowest BCUT2D eigenvalue weighted by molar-refractivity contribution is -0.114. The van der Waals surface area contributed by atoms with Gasteiger partial charge in [-0.05, 0) is 81.1 Å². The second-order valence-electron chi connectivity index (χ2n) is 7.42. The molecule has 0 fully saturated rings. The fourth-order valence-corrected chi connectivity index (χ4v) is 4.25. The van der Waals surface area contributed by atoms with Crippen molar-refractivity contribution >= 4 is 29.1 Å². The number of aryl methyl sites for hydroxylation is 2. The summed E-state index contributed by atoms with van der Waals surface area (Å²) in [6, 6.07) is 9.45. The Labute approximate surface area is 181 Å². The van der Waals surface area contributed by atoms with Crippen LogP contribution in [0.2, 0.25) is 0 Å². The van der Waals surface area contributed by atoms with Crippen LogP contribution >= 0.6 is 11.8 Å². The van der Waals surface area contributed by atoms with Gasteiger partial charge in [0.05, 0.1) is 11.4 Å². The maximum Gasteiger partial charge on any atom is 0.221 e. The zero-order valence-corrected chi connectivity index (χ0v) is 19.0. The molecule has 0 unspecified atom stereocenters. The molecule has 0 aliphatic heterocycles. The third kappa shape index (κ3) is 4.46. The van der Waals surface area contributed by atoms with Crippen molar-refractivity contribution < 1.29 is 9.59 Å². The van der Waals surface area contributed by atoms with Crippen molar-refractivity contribution in [3.63, 3.8) is 0 Å². The molecule has 6 nitrogen and oxygen atoms in total. The van der Waals surface area contributed by atoms with E-state index in [1.165, 1.54) is 24.2 Å². The van der Waals surface area contributed by atoms with Crippen molar-refractivity contribution in [3.8, 4) is 5.69 Å². The Bertz CT molecular complexity index is 1130. The number of hydrogen-bond donors (Lipinski definition) is 1. The number of aromatic nitrogens is 3. The largest absolute Gasteiger partial charge is 0.326 e. The van der Waals surface area contributed by atoms with Crippen LogP contribution in [0.25, 0.3) is 5.69 Å². The van der Waals surface area contributed by atoms with Crippen LogP contribution in [-0.2, 0) is 4.79 Å². The Morgan fingerprint density at radius 2 is 1.73 bits per heavy atom. The lowest BCUT2D eigenvalue weighted by Gasteiger charge is -2.14. The van der Waals surface area contributed by atoms with Crippen molar-refractivity contribution in [2.45, 2.75) is 46.7 Å². The summed E-state index contributed by atoms with van der Waals surface area (Å²) in [7, 11) is 0. The molecule has 3 rings (SSSR count). The average molecular weight is 423 g/mol. The van der Waals surface area contributed by atoms with Gasteiger partial charge in [-0.15, -0.1) is 10.2 Å². The molecule has 3 aromatic rings. The maximum atomic E-state index is 13.0. The zero-order valence-electron chi connectivity index (χ0n) is 18.2. The number of nitrogens with one attached hydrogen (secondary N) is 1. The Kier molecular flexibility index (Phi) is 6.41. The summed E-state index contributed by atoms with van der Waals surface area (Å²) in [5, 5.41) is 11.9. The normalized spacial score (nSPS) is 10.9. The molecule has 1 heterocycles. The smallest absolute Gasteiger partial charge is 0.221 e. The molecule has 1 N–H and O–H groups in total. The van der Waals surface area contributed by atoms with Crippen molar-refractivity contribution in [2.75, 3.05) is 11.1 Å². The van der Waals surface area contributed by atoms with Gasteiger partial charge >= 0.3 is 0 Å². The summed E-state index contributed by atoms with van der Waals surface area (Å²) >= 11 is 1.36. The molecule has 30 heavy (non-hydrogen) atoms. The van der Waals surface area contributed by atoms with Gasteiger partial charge in [0.15, 0.2) is 10.9 Å². The van der Waals surface area contributed by atoms with Gasteiger partial charge in [-0.2, -0.15) is 0 Å². The van der Waals surface area contributed by atoms with Crippen molar-refractivity contribution in [1.29, 1.82) is 0 Å². The van der Waals surface area contributed by atoms with E-state index >= 15 is 0 Å². The number of benzene rings is 2. The summed E-state index contributed by atoms with van der Waals surface area (Å²) in [4.78, 5) is 24.3. The highest BCUT2D eigenvalue weighted by molar-refractivity contribution is 7.99. The van der Waals surface area contributed by atoms with Crippen LogP contribution < -0.4 is 5.32 Å². The minimum atomic E-state index is -0.133. The predicted octanol–water partition coefficient (Wildman–Crippen LogP) is 4.74. The number of nitrogens with zero attached hydrogens (tertiary/aromatic N) is 3. The van der Waals surface area contributed by atoms with E-state index in [9.17, 15) is 9.59 Å². The van der Waals surface area contributed by atoms with Crippen molar-refractivity contribution in [3.05, 3.63) is 64.0 Å². The first-order valence-corrected chi connectivity index (χ1v) is 10.7. The van der Waals surface area contributed by atoms with Crippen LogP contribution in [-0.4, -0.2) is 32.2 Å². The summed E-state index contributed by atoms with van der Waals surface area (Å²) in [5.74, 6) is 0.921. The minimum absolute atomic E-state index is 0.0721. The van der Waals surface area contributed by atoms with E-state index < -0.39 is 0 Å². The molecule has 0 aliphatic rings. The first kappa shape index (κ1) is 21.8. The summed E-state index contributed by atoms with van der Waals surface area (Å²) in [5.41, 5.74) is 6.84. The predicted molar refractivity (Wildman–Crippen MR) is 121 cm³/mol. The molecule has 0 spiro atoms. The quantitative estimate of drug-likeness (QED) is 0.458. The number of carbonyl (C=O) groups excluding carboxylic acids is 2. The number of hydrogen-bond acceptors (Lipinski definition) is 5. The van der Waals surface area contributed by atoms with E-state index in [0.29, 0.717) is 16.7 Å². The molecule has 0 aliphatic carbocycles. The number of Topliss-reactive ketones (excluding diaryl/α,β-unsaturated/α-hetero) is 1. The van der Waals surface area contributed by atoms with Gasteiger partial charge in [0, 0.05) is 18.2 Å². The third-order valence-electron chi connectivity index (χ3n) is 5.33. The molecule has 7 heteroatoms. The van der Waals surface area contributed by atoms with Gasteiger partial charge in [-0.25, -0.2) is 0 Å². The number of amides is 1. The van der Waals surface area contributed by atoms with E-state index in [4.69, 9.17) is 0 Å². The fraction of sp³-hybridized carbons (Fsp3) is 0.304. The molecule has 0 radical (unpaired) electrons. The van der Waals surface area contributed by atoms with Crippen molar-refractivity contribution in [1.82, 2.24) is 14.8 Å². The Morgan fingerprint density at radius 3 is 2.43 bits per heavy atom. The first-order valence-electron chi connectivity index (χ1n) is 9.72. The zero-order chi connectivity index (χ0) is 22.0. The number of thioether (sulfide) groups is 1. The van der Waals surface area contributed by atoms with Crippen LogP contribution in [0.15, 0.2) is 35.5 Å². The Hall–Kier alpha value is -2.93. The molecule has 156 valence electrons. The summed E-state index contributed by atoms with van der Waals surface area (Å²) < 4.78 is 1.89. The molecule has 1 amide bonds. The van der Waals surface area contributed by atoms with Gasteiger partial charge in [0.2, 0.25) is 5.91 Å². The topological polar surface area (TPSA) is 76.9 Å². The second kappa shape index (κ2) is 8.83. The monoisotopic (exact) mass is 422 g/mol. The number of carbonyl (C=O) groups is 2. The number of ketones is 1. The van der Waals surface area contributed by atoms with Gasteiger partial charge < -0.3 is 5.32 Å². The Morgan fingerprint density at radius 1 is 1.00 bits per heavy atom. The van der Waals surface area contributed by atoms with Gasteiger partial charge in [-0.1, -0.05) is 17.8 Å². The summed E-state index contributed by atoms with van der Waals surface area (Å²) in [6.45, 7) is 11.5. The van der Waals surface area contributed by atoms with Gasteiger partial charge in [0.25, 0.3) is 0 Å². The van der Waals surface area contributed by atoms with Crippen molar-refractivity contribution in [2.24, 2.45) is 0 Å². The van der Waals surface area contributed by atoms with Crippen LogP contribution in [0.1, 0.15) is 45.4 Å². The average Bonchev–Trinajstić information content (AvgIpc) is 3.07. The van der Waals surface area contributed by atoms with E-state index in [1.807, 2.05) is 55.7 Å². The highest BCUT2D eigenvalue weighted by atomic mass is 32.2. The molecular formula is C23H26N4O2S. The molecule has 0 atom stereocenters. The van der Waals surface area contributed by atoms with Crippen LogP contribution in [0.3, 0.4) is 0 Å². The standard InChI is InChI=1S/C23H26N4O2S/c1-13-10-21(16(4)15(3)14(13)2)22(29)12-30-23-26-25-17(5)27(23)20-9-7-8-19(11-20)24-18(6)28/h7-11H,12H2,1-6H3,(H,24,28). The molecule has 0 saturated heterocycles. The lowest BCUT2D eigenvalue weighted by Crippen LogP contribution is -2.09. The highest BCUT2D eigenvalue weighted by Crippen LogP contribution is 2.26. The first-order chi connectivity index (χ1) is 14.2.